The third-order valence-corrected chi connectivity index (χ3v) is 4.49. The number of anilines is 1. The van der Waals surface area contributed by atoms with Gasteiger partial charge in [-0.25, -0.2) is 0 Å². The van der Waals surface area contributed by atoms with E-state index < -0.39 is 0 Å². The molecule has 2 atom stereocenters. The average molecular weight is 290 g/mol. The molecule has 0 heterocycles. The fourth-order valence-electron chi connectivity index (χ4n) is 3.35. The summed E-state index contributed by atoms with van der Waals surface area (Å²) in [6, 6.07) is 5.81. The third kappa shape index (κ3) is 4.45. The highest BCUT2D eigenvalue weighted by atomic mass is 16.6. The summed E-state index contributed by atoms with van der Waals surface area (Å²) >= 11 is 0. The Bertz CT molecular complexity index is 488. The molecule has 0 bridgehead atoms. The zero-order chi connectivity index (χ0) is 15.2. The molecule has 1 aromatic rings. The van der Waals surface area contributed by atoms with Crippen molar-refractivity contribution in [3.8, 4) is 0 Å². The lowest BCUT2D eigenvalue weighted by atomic mass is 9.95. The number of benzene rings is 1. The van der Waals surface area contributed by atoms with Gasteiger partial charge in [-0.05, 0) is 43.7 Å². The van der Waals surface area contributed by atoms with E-state index >= 15 is 0 Å². The Morgan fingerprint density at radius 2 is 2.10 bits per heavy atom. The van der Waals surface area contributed by atoms with Gasteiger partial charge in [0.2, 0.25) is 0 Å². The maximum Gasteiger partial charge on any atom is 0.292 e. The van der Waals surface area contributed by atoms with Gasteiger partial charge in [0.05, 0.1) is 4.92 Å². The van der Waals surface area contributed by atoms with E-state index in [1.165, 1.54) is 32.1 Å². The molecule has 1 N–H and O–H groups in total. The molecule has 0 aliphatic heterocycles. The molecule has 1 fully saturated rings. The highest BCUT2D eigenvalue weighted by Gasteiger charge is 2.21. The zero-order valence-corrected chi connectivity index (χ0v) is 13.1. The molecule has 4 nitrogen and oxygen atoms in total. The Labute approximate surface area is 127 Å². The lowest BCUT2D eigenvalue weighted by Crippen LogP contribution is -2.19. The highest BCUT2D eigenvalue weighted by Crippen LogP contribution is 2.31. The second-order valence-corrected chi connectivity index (χ2v) is 6.28. The largest absolute Gasteiger partial charge is 0.377 e. The van der Waals surface area contributed by atoms with Crippen molar-refractivity contribution in [1.29, 1.82) is 0 Å². The van der Waals surface area contributed by atoms with Crippen LogP contribution in [-0.2, 0) is 0 Å². The molecule has 116 valence electrons. The topological polar surface area (TPSA) is 55.2 Å². The number of nitrogens with zero attached hydrogens (tertiary/aromatic N) is 1. The lowest BCUT2D eigenvalue weighted by molar-refractivity contribution is -0.384. The van der Waals surface area contributed by atoms with Crippen LogP contribution < -0.4 is 5.32 Å². The number of nitro benzene ring substituents is 1. The minimum absolute atomic E-state index is 0.198. The van der Waals surface area contributed by atoms with Crippen molar-refractivity contribution >= 4 is 11.4 Å². The molecule has 0 aromatic heterocycles. The van der Waals surface area contributed by atoms with Gasteiger partial charge < -0.3 is 5.32 Å². The standard InChI is InChI=1S/C17H26N2O2/c1-3-5-14-6-4-7-15(10-9-14)18-16-11-8-13(2)12-17(16)19(20)21/h8,11-12,14-15,18H,3-7,9-10H2,1-2H3. The Balaban J connectivity index is 2.03. The van der Waals surface area contributed by atoms with Gasteiger partial charge in [0, 0.05) is 12.1 Å². The number of hydrogen-bond acceptors (Lipinski definition) is 3. The second-order valence-electron chi connectivity index (χ2n) is 6.28. The van der Waals surface area contributed by atoms with E-state index in [0.717, 1.165) is 24.3 Å². The smallest absolute Gasteiger partial charge is 0.292 e. The molecule has 0 amide bonds. The summed E-state index contributed by atoms with van der Waals surface area (Å²) in [6.07, 6.45) is 8.58. The summed E-state index contributed by atoms with van der Waals surface area (Å²) in [5.41, 5.74) is 1.80. The first-order valence-corrected chi connectivity index (χ1v) is 8.11. The summed E-state index contributed by atoms with van der Waals surface area (Å²) in [4.78, 5) is 10.9. The van der Waals surface area contributed by atoms with E-state index in [1.807, 2.05) is 19.1 Å². The third-order valence-electron chi connectivity index (χ3n) is 4.49. The van der Waals surface area contributed by atoms with E-state index in [-0.39, 0.29) is 10.6 Å². The van der Waals surface area contributed by atoms with Crippen LogP contribution in [0.1, 0.15) is 57.4 Å². The van der Waals surface area contributed by atoms with Crippen molar-refractivity contribution in [3.05, 3.63) is 33.9 Å². The van der Waals surface area contributed by atoms with Gasteiger partial charge in [0.25, 0.3) is 5.69 Å². The molecular formula is C17H26N2O2. The molecular weight excluding hydrogens is 264 g/mol. The van der Waals surface area contributed by atoms with Gasteiger partial charge in [0.1, 0.15) is 5.69 Å². The van der Waals surface area contributed by atoms with Crippen molar-refractivity contribution in [2.24, 2.45) is 5.92 Å². The average Bonchev–Trinajstić information content (AvgIpc) is 2.67. The molecule has 0 spiro atoms. The maximum atomic E-state index is 11.2. The van der Waals surface area contributed by atoms with Crippen molar-refractivity contribution in [2.45, 2.75) is 64.8 Å². The summed E-state index contributed by atoms with van der Waals surface area (Å²) in [7, 11) is 0. The summed E-state index contributed by atoms with van der Waals surface area (Å²) in [6.45, 7) is 4.13. The van der Waals surface area contributed by atoms with Gasteiger partial charge in [-0.1, -0.05) is 38.7 Å². The Morgan fingerprint density at radius 1 is 1.29 bits per heavy atom. The van der Waals surface area contributed by atoms with E-state index in [9.17, 15) is 10.1 Å². The van der Waals surface area contributed by atoms with Crippen molar-refractivity contribution in [3.63, 3.8) is 0 Å². The number of rotatable bonds is 5. The fourth-order valence-corrected chi connectivity index (χ4v) is 3.35. The first kappa shape index (κ1) is 15.8. The first-order chi connectivity index (χ1) is 10.1. The van der Waals surface area contributed by atoms with Gasteiger partial charge in [-0.15, -0.1) is 0 Å². The minimum Gasteiger partial charge on any atom is -0.377 e. The lowest BCUT2D eigenvalue weighted by Gasteiger charge is -2.18. The minimum atomic E-state index is -0.286. The Kier molecular flexibility index (Phi) is 5.59. The van der Waals surface area contributed by atoms with E-state index in [4.69, 9.17) is 0 Å². The first-order valence-electron chi connectivity index (χ1n) is 8.11. The summed E-state index contributed by atoms with van der Waals surface area (Å²) in [5, 5.41) is 14.6. The van der Waals surface area contributed by atoms with E-state index in [2.05, 4.69) is 12.2 Å². The molecule has 2 rings (SSSR count). The van der Waals surface area contributed by atoms with Crippen LogP contribution in [0.5, 0.6) is 0 Å². The monoisotopic (exact) mass is 290 g/mol. The van der Waals surface area contributed by atoms with Crippen molar-refractivity contribution < 1.29 is 4.92 Å². The SMILES string of the molecule is CCCC1CCCC(Nc2ccc(C)cc2[N+](=O)[O-])CC1. The van der Waals surface area contributed by atoms with Gasteiger partial charge in [-0.3, -0.25) is 10.1 Å². The van der Waals surface area contributed by atoms with E-state index in [0.29, 0.717) is 11.7 Å². The number of nitro groups is 1. The molecule has 2 unspecified atom stereocenters. The second kappa shape index (κ2) is 7.43. The molecule has 4 heteroatoms. The van der Waals surface area contributed by atoms with Crippen LogP contribution >= 0.6 is 0 Å². The van der Waals surface area contributed by atoms with Crippen LogP contribution in [0, 0.1) is 23.0 Å². The van der Waals surface area contributed by atoms with Crippen LogP contribution in [0.2, 0.25) is 0 Å². The van der Waals surface area contributed by atoms with Crippen molar-refractivity contribution in [2.75, 3.05) is 5.32 Å². The van der Waals surface area contributed by atoms with Crippen LogP contribution in [0.4, 0.5) is 11.4 Å². The van der Waals surface area contributed by atoms with Crippen LogP contribution in [0.25, 0.3) is 0 Å². The van der Waals surface area contributed by atoms with Crippen LogP contribution in [0.15, 0.2) is 18.2 Å². The summed E-state index contributed by atoms with van der Waals surface area (Å²) in [5.74, 6) is 0.842. The molecule has 1 aliphatic carbocycles. The number of hydrogen-bond donors (Lipinski definition) is 1. The fraction of sp³-hybridized carbons (Fsp3) is 0.647. The van der Waals surface area contributed by atoms with Crippen LogP contribution in [-0.4, -0.2) is 11.0 Å². The van der Waals surface area contributed by atoms with Gasteiger partial charge in [-0.2, -0.15) is 0 Å². The Hall–Kier alpha value is -1.58. The normalized spacial score (nSPS) is 22.6. The molecule has 1 aromatic carbocycles. The van der Waals surface area contributed by atoms with Crippen LogP contribution in [0.3, 0.4) is 0 Å². The molecule has 21 heavy (non-hydrogen) atoms. The highest BCUT2D eigenvalue weighted by molar-refractivity contribution is 5.62. The Morgan fingerprint density at radius 3 is 2.81 bits per heavy atom. The predicted molar refractivity (Wildman–Crippen MR) is 86.7 cm³/mol. The van der Waals surface area contributed by atoms with Gasteiger partial charge >= 0.3 is 0 Å². The number of aryl methyl sites for hydroxylation is 1. The maximum absolute atomic E-state index is 11.2. The molecule has 0 radical (unpaired) electrons. The van der Waals surface area contributed by atoms with Gasteiger partial charge in [0.15, 0.2) is 0 Å². The zero-order valence-electron chi connectivity index (χ0n) is 13.1. The number of nitrogens with one attached hydrogen (secondary N) is 1. The van der Waals surface area contributed by atoms with Crippen molar-refractivity contribution in [1.82, 2.24) is 0 Å². The quantitative estimate of drug-likeness (QED) is 0.468. The summed E-state index contributed by atoms with van der Waals surface area (Å²) < 4.78 is 0. The predicted octanol–water partition coefficient (Wildman–Crippen LogP) is 5.06. The molecule has 1 aliphatic rings. The van der Waals surface area contributed by atoms with E-state index in [1.54, 1.807) is 6.07 Å². The molecule has 1 saturated carbocycles. The molecule has 0 saturated heterocycles.